The molecule has 0 unspecified atom stereocenters. The van der Waals surface area contributed by atoms with Crippen molar-refractivity contribution in [3.63, 3.8) is 0 Å². The van der Waals surface area contributed by atoms with Crippen LogP contribution in [0.2, 0.25) is 13.1 Å². The third-order valence-electron chi connectivity index (χ3n) is 5.45. The standard InChI is InChI=1S/C19H20N.C2H7Si.2ClH.Ti/c1-2-8-14(9-3-1)20-19-17-12-6-4-10-15(17)16-11-5-7-13-18(16)19;1-3-2;;;/h4-7,10-14,19H,1-3,8-9H2;3H,1-2H3;2*1H;/q-1;;;;+3/p-2. The second-order valence-electron chi connectivity index (χ2n) is 7.56. The van der Waals surface area contributed by atoms with Crippen molar-refractivity contribution in [2.24, 2.45) is 0 Å². The van der Waals surface area contributed by atoms with Crippen molar-refractivity contribution >= 4 is 6.66 Å². The first-order chi connectivity index (χ1) is 11.8. The van der Waals surface area contributed by atoms with Gasteiger partial charge in [0.15, 0.2) is 0 Å². The maximum Gasteiger partial charge on any atom is -1.00 e. The zero-order chi connectivity index (χ0) is 16.5. The van der Waals surface area contributed by atoms with Crippen LogP contribution in [-0.2, 0) is 18.7 Å². The first kappa shape index (κ1) is 22.2. The van der Waals surface area contributed by atoms with Gasteiger partial charge in [-0.15, -0.1) is 0 Å². The fourth-order valence-electron chi connectivity index (χ4n) is 4.48. The quantitative estimate of drug-likeness (QED) is 0.574. The molecule has 5 heteroatoms. The molecular weight excluding hydrogens is 413 g/mol. The van der Waals surface area contributed by atoms with E-state index in [1.165, 1.54) is 43.2 Å². The molecule has 1 fully saturated rings. The Kier molecular flexibility index (Phi) is 8.46. The summed E-state index contributed by atoms with van der Waals surface area (Å²) in [6, 6.07) is 19.7. The van der Waals surface area contributed by atoms with Crippen molar-refractivity contribution in [1.82, 2.24) is 3.38 Å². The van der Waals surface area contributed by atoms with Gasteiger partial charge in [0.2, 0.25) is 0 Å². The molecule has 2 aromatic rings. The van der Waals surface area contributed by atoms with Crippen molar-refractivity contribution in [3.05, 3.63) is 59.7 Å². The van der Waals surface area contributed by atoms with Crippen LogP contribution in [0.15, 0.2) is 48.5 Å². The van der Waals surface area contributed by atoms with Crippen LogP contribution in [0.25, 0.3) is 11.1 Å². The average Bonchev–Trinajstić information content (AvgIpc) is 2.95. The smallest absolute Gasteiger partial charge is 1.00 e. The van der Waals surface area contributed by atoms with Gasteiger partial charge in [0.25, 0.3) is 0 Å². The molecule has 0 N–H and O–H groups in total. The van der Waals surface area contributed by atoms with Gasteiger partial charge in [0, 0.05) is 0 Å². The van der Waals surface area contributed by atoms with Gasteiger partial charge >= 0.3 is 157 Å². The number of halogens is 2. The molecule has 0 bridgehead atoms. The summed E-state index contributed by atoms with van der Waals surface area (Å²) in [5.74, 6) is 0. The molecule has 26 heavy (non-hydrogen) atoms. The summed E-state index contributed by atoms with van der Waals surface area (Å²) < 4.78 is 3.03. The third-order valence-corrected chi connectivity index (χ3v) is 11.1. The second-order valence-corrected chi connectivity index (χ2v) is 17.6. The number of fused-ring (bicyclic) bond motifs is 3. The van der Waals surface area contributed by atoms with E-state index >= 15 is 0 Å². The topological polar surface area (TPSA) is 3.24 Å². The summed E-state index contributed by atoms with van der Waals surface area (Å²) in [5.41, 5.74) is 6.11. The van der Waals surface area contributed by atoms with Crippen LogP contribution in [0.5, 0.6) is 0 Å². The van der Waals surface area contributed by atoms with E-state index < -0.39 is 6.66 Å². The van der Waals surface area contributed by atoms with Crippen molar-refractivity contribution in [2.45, 2.75) is 57.3 Å². The maximum absolute atomic E-state index is 3.03. The minimum atomic E-state index is -0.533. The van der Waals surface area contributed by atoms with E-state index in [1.54, 1.807) is 11.1 Å². The molecule has 1 nitrogen and oxygen atoms in total. The fraction of sp³-hybridized carbons (Fsp3) is 0.429. The Balaban J connectivity index is 0.00000121. The number of rotatable bonds is 4. The van der Waals surface area contributed by atoms with Crippen LogP contribution in [-0.4, -0.2) is 16.1 Å². The molecule has 138 valence electrons. The largest absolute Gasteiger partial charge is 1.00 e. The normalized spacial score (nSPS) is 16.5. The van der Waals surface area contributed by atoms with E-state index in [4.69, 9.17) is 0 Å². The molecule has 0 amide bonds. The Hall–Kier alpha value is -0.0888. The Bertz CT molecular complexity index is 673. The molecule has 0 spiro atoms. The monoisotopic (exact) mass is 439 g/mol. The van der Waals surface area contributed by atoms with E-state index in [0.717, 1.165) is 6.04 Å². The summed E-state index contributed by atoms with van der Waals surface area (Å²) >= 11 is 0.0243. The van der Waals surface area contributed by atoms with Gasteiger partial charge in [-0.3, -0.25) is 0 Å². The van der Waals surface area contributed by atoms with Gasteiger partial charge in [-0.05, 0) is 0 Å². The Morgan fingerprint density at radius 3 is 1.81 bits per heavy atom. The second kappa shape index (κ2) is 9.91. The fourth-order valence-corrected chi connectivity index (χ4v) is 10.7. The number of hydrogen-bond acceptors (Lipinski definition) is 1. The van der Waals surface area contributed by atoms with Crippen LogP contribution < -0.4 is 24.8 Å². The first-order valence-electron chi connectivity index (χ1n) is 9.48. The predicted molar refractivity (Wildman–Crippen MR) is 101 cm³/mol. The molecule has 0 heterocycles. The summed E-state index contributed by atoms with van der Waals surface area (Å²) in [5, 5.41) is 0. The minimum Gasteiger partial charge on any atom is -1.00 e. The van der Waals surface area contributed by atoms with Gasteiger partial charge in [0.05, 0.1) is 0 Å². The zero-order valence-electron chi connectivity index (χ0n) is 15.6. The van der Waals surface area contributed by atoms with Gasteiger partial charge < -0.3 is 24.8 Å². The SMILES string of the molecule is C[SiH](C)[Ti+2][N](C1CCCCC1)C1c2ccccc2-c2ccccc21.[Cl-].[Cl-]. The molecule has 4 rings (SSSR count). The maximum atomic E-state index is 3.03. The Labute approximate surface area is 180 Å². The third kappa shape index (κ3) is 4.32. The molecular formula is C21H27Cl2NSiTi. The molecule has 0 saturated heterocycles. The van der Waals surface area contributed by atoms with Crippen LogP contribution in [0.4, 0.5) is 0 Å². The summed E-state index contributed by atoms with van der Waals surface area (Å²) in [6.07, 6.45) is 7.16. The van der Waals surface area contributed by atoms with Crippen molar-refractivity contribution in [2.75, 3.05) is 0 Å². The Morgan fingerprint density at radius 1 is 0.808 bits per heavy atom. The summed E-state index contributed by atoms with van der Waals surface area (Å²) in [4.78, 5) is 0. The molecule has 2 aromatic carbocycles. The molecule has 0 aliphatic heterocycles. The number of nitrogens with zero attached hydrogens (tertiary/aromatic N) is 1. The summed E-state index contributed by atoms with van der Waals surface area (Å²) in [7, 11) is 0. The van der Waals surface area contributed by atoms with Gasteiger partial charge in [0.1, 0.15) is 0 Å². The van der Waals surface area contributed by atoms with Gasteiger partial charge in [-0.1, -0.05) is 0 Å². The molecule has 0 radical (unpaired) electrons. The van der Waals surface area contributed by atoms with Crippen LogP contribution in [0.1, 0.15) is 49.3 Å². The van der Waals surface area contributed by atoms with E-state index in [1.807, 2.05) is 0 Å². The average molecular weight is 440 g/mol. The molecule has 2 aliphatic carbocycles. The van der Waals surface area contributed by atoms with E-state index in [0.29, 0.717) is 6.04 Å². The van der Waals surface area contributed by atoms with Crippen LogP contribution in [0, 0.1) is 0 Å². The van der Waals surface area contributed by atoms with Crippen molar-refractivity contribution < 1.29 is 43.5 Å². The first-order valence-corrected chi connectivity index (χ1v) is 15.8. The Morgan fingerprint density at radius 2 is 1.31 bits per heavy atom. The number of benzene rings is 2. The molecule has 0 aromatic heterocycles. The molecule has 2 aliphatic rings. The van der Waals surface area contributed by atoms with Crippen molar-refractivity contribution in [3.8, 4) is 11.1 Å². The zero-order valence-corrected chi connectivity index (χ0v) is 19.8. The van der Waals surface area contributed by atoms with E-state index in [9.17, 15) is 0 Å². The van der Waals surface area contributed by atoms with E-state index in [2.05, 4.69) is 65.0 Å². The van der Waals surface area contributed by atoms with Gasteiger partial charge in [-0.2, -0.15) is 0 Å². The number of hydrogen-bond donors (Lipinski definition) is 0. The van der Waals surface area contributed by atoms with Gasteiger partial charge in [-0.25, -0.2) is 0 Å². The van der Waals surface area contributed by atoms with Crippen molar-refractivity contribution in [1.29, 1.82) is 0 Å². The van der Waals surface area contributed by atoms with Crippen LogP contribution in [0.3, 0.4) is 0 Å². The molecule has 0 atom stereocenters. The molecule has 1 saturated carbocycles. The minimum absolute atomic E-state index is 0. The predicted octanol–water partition coefficient (Wildman–Crippen LogP) is -0.620. The van der Waals surface area contributed by atoms with Crippen LogP contribution >= 0.6 is 0 Å². The summed E-state index contributed by atoms with van der Waals surface area (Å²) in [6.45, 7) is 4.58. The van der Waals surface area contributed by atoms with E-state index in [-0.39, 0.29) is 43.5 Å².